The third-order valence-electron chi connectivity index (χ3n) is 10.7. The molecular weight excluding hydrogens is 452 g/mol. The summed E-state index contributed by atoms with van der Waals surface area (Å²) in [5, 5.41) is 0. The zero-order valence-electron chi connectivity index (χ0n) is 23.0. The molecular formula is C31H46O5. The molecule has 1 unspecified atom stereocenters. The lowest BCUT2D eigenvalue weighted by Crippen LogP contribution is -2.63. The maximum Gasteiger partial charge on any atom is 0.337 e. The smallest absolute Gasteiger partial charge is 0.337 e. The fraction of sp³-hybridized carbons (Fsp3) is 0.774. The number of benzene rings is 1. The van der Waals surface area contributed by atoms with Crippen LogP contribution in [-0.2, 0) is 14.2 Å². The van der Waals surface area contributed by atoms with Crippen LogP contribution in [-0.4, -0.2) is 38.7 Å². The first-order chi connectivity index (χ1) is 17.2. The normalized spacial score (nSPS) is 38.1. The van der Waals surface area contributed by atoms with Crippen molar-refractivity contribution in [3.63, 3.8) is 0 Å². The average molecular weight is 499 g/mol. The molecule has 0 bridgehead atoms. The highest BCUT2D eigenvalue weighted by atomic mass is 16.7. The Morgan fingerprint density at radius 1 is 1.03 bits per heavy atom. The van der Waals surface area contributed by atoms with Gasteiger partial charge in [-0.1, -0.05) is 46.6 Å². The van der Waals surface area contributed by atoms with Crippen LogP contribution in [0.1, 0.15) is 95.8 Å². The highest BCUT2D eigenvalue weighted by Crippen LogP contribution is 2.66. The van der Waals surface area contributed by atoms with E-state index in [0.29, 0.717) is 36.0 Å². The Hall–Kier alpha value is -1.59. The second-order valence-corrected chi connectivity index (χ2v) is 13.2. The molecule has 5 rings (SSSR count). The van der Waals surface area contributed by atoms with Gasteiger partial charge < -0.3 is 18.9 Å². The Bertz CT molecular complexity index is 937. The molecule has 1 heterocycles. The molecule has 4 aliphatic rings. The van der Waals surface area contributed by atoms with Crippen LogP contribution in [0.3, 0.4) is 0 Å². The summed E-state index contributed by atoms with van der Waals surface area (Å²) in [7, 11) is 1.41. The molecule has 1 aromatic carbocycles. The quantitative estimate of drug-likeness (QED) is 0.394. The van der Waals surface area contributed by atoms with E-state index in [1.807, 2.05) is 12.1 Å². The van der Waals surface area contributed by atoms with Crippen LogP contribution in [0, 0.1) is 34.0 Å². The first-order valence-corrected chi connectivity index (χ1v) is 14.3. The van der Waals surface area contributed by atoms with Gasteiger partial charge in [-0.15, -0.1) is 0 Å². The van der Waals surface area contributed by atoms with E-state index >= 15 is 0 Å². The maximum atomic E-state index is 11.9. The molecule has 1 aromatic rings. The number of hydrogen-bond acceptors (Lipinski definition) is 5. The van der Waals surface area contributed by atoms with E-state index in [9.17, 15) is 4.79 Å². The van der Waals surface area contributed by atoms with E-state index < -0.39 is 0 Å². The predicted octanol–water partition coefficient (Wildman–Crippen LogP) is 7.03. The third-order valence-corrected chi connectivity index (χ3v) is 10.7. The monoisotopic (exact) mass is 498 g/mol. The van der Waals surface area contributed by atoms with Crippen LogP contribution < -0.4 is 4.74 Å². The minimum absolute atomic E-state index is 0.0138. The van der Waals surface area contributed by atoms with E-state index in [2.05, 4.69) is 27.7 Å². The third kappa shape index (κ3) is 4.60. The van der Waals surface area contributed by atoms with E-state index in [4.69, 9.17) is 18.9 Å². The van der Waals surface area contributed by atoms with Crippen molar-refractivity contribution >= 4 is 5.97 Å². The number of hydrogen-bond donors (Lipinski definition) is 0. The minimum atomic E-state index is -0.332. The lowest BCUT2D eigenvalue weighted by Gasteiger charge is -2.65. The van der Waals surface area contributed by atoms with Crippen molar-refractivity contribution < 1.29 is 23.7 Å². The SMILES string of the molecule is COC(=O)c1cccc(OCC[C@@H]2C(C)(C)CCC3[C@]4(C)CO[C@@H](C5CCCC5)O[C@@H]4CC[C@]32C)c1. The summed E-state index contributed by atoms with van der Waals surface area (Å²) in [4.78, 5) is 11.9. The summed E-state index contributed by atoms with van der Waals surface area (Å²) in [6.45, 7) is 11.4. The number of carbonyl (C=O) groups is 1. The molecule has 0 spiro atoms. The molecule has 36 heavy (non-hydrogen) atoms. The number of rotatable bonds is 6. The van der Waals surface area contributed by atoms with E-state index in [1.54, 1.807) is 12.1 Å². The van der Waals surface area contributed by atoms with Gasteiger partial charge >= 0.3 is 5.97 Å². The van der Waals surface area contributed by atoms with Gasteiger partial charge in [-0.05, 0) is 85.8 Å². The Labute approximate surface area is 217 Å². The van der Waals surface area contributed by atoms with Crippen molar-refractivity contribution in [2.75, 3.05) is 20.3 Å². The summed E-state index contributed by atoms with van der Waals surface area (Å²) in [6, 6.07) is 7.32. The molecule has 5 heteroatoms. The van der Waals surface area contributed by atoms with Crippen LogP contribution in [0.2, 0.25) is 0 Å². The Balaban J connectivity index is 1.29. The fourth-order valence-corrected chi connectivity index (χ4v) is 8.79. The van der Waals surface area contributed by atoms with Crippen LogP contribution in [0.4, 0.5) is 0 Å². The van der Waals surface area contributed by atoms with Crippen LogP contribution >= 0.6 is 0 Å². The van der Waals surface area contributed by atoms with Crippen LogP contribution in [0.5, 0.6) is 5.75 Å². The first kappa shape index (κ1) is 26.0. The number of methoxy groups -OCH3 is 1. The van der Waals surface area contributed by atoms with Gasteiger partial charge in [0.05, 0.1) is 32.0 Å². The van der Waals surface area contributed by atoms with Crippen molar-refractivity contribution in [2.45, 2.75) is 97.9 Å². The lowest BCUT2D eigenvalue weighted by molar-refractivity contribution is -0.322. The summed E-state index contributed by atoms with van der Waals surface area (Å²) in [5.74, 6) is 2.14. The van der Waals surface area contributed by atoms with Gasteiger partial charge in [0.15, 0.2) is 6.29 Å². The van der Waals surface area contributed by atoms with Crippen molar-refractivity contribution in [3.8, 4) is 5.75 Å². The van der Waals surface area contributed by atoms with E-state index in [0.717, 1.165) is 25.2 Å². The molecule has 4 fully saturated rings. The topological polar surface area (TPSA) is 54.0 Å². The predicted molar refractivity (Wildman–Crippen MR) is 140 cm³/mol. The van der Waals surface area contributed by atoms with Crippen molar-refractivity contribution in [1.82, 2.24) is 0 Å². The summed E-state index contributed by atoms with van der Waals surface area (Å²) < 4.78 is 24.3. The first-order valence-electron chi connectivity index (χ1n) is 14.3. The van der Waals surface area contributed by atoms with Crippen molar-refractivity contribution in [2.24, 2.45) is 34.0 Å². The van der Waals surface area contributed by atoms with Crippen molar-refractivity contribution in [1.29, 1.82) is 0 Å². The molecule has 6 atom stereocenters. The zero-order valence-corrected chi connectivity index (χ0v) is 23.0. The van der Waals surface area contributed by atoms with Gasteiger partial charge in [-0.3, -0.25) is 0 Å². The molecule has 1 aliphatic heterocycles. The van der Waals surface area contributed by atoms with Gasteiger partial charge in [0.2, 0.25) is 0 Å². The molecule has 200 valence electrons. The number of ether oxygens (including phenoxy) is 4. The van der Waals surface area contributed by atoms with Gasteiger partial charge in [-0.2, -0.15) is 0 Å². The zero-order chi connectivity index (χ0) is 25.6. The average Bonchev–Trinajstić information content (AvgIpc) is 3.40. The van der Waals surface area contributed by atoms with Crippen LogP contribution in [0.25, 0.3) is 0 Å². The van der Waals surface area contributed by atoms with Gasteiger partial charge in [0, 0.05) is 11.3 Å². The summed E-state index contributed by atoms with van der Waals surface area (Å²) >= 11 is 0. The largest absolute Gasteiger partial charge is 0.494 e. The molecule has 0 amide bonds. The van der Waals surface area contributed by atoms with Gasteiger partial charge in [0.1, 0.15) is 5.75 Å². The second-order valence-electron chi connectivity index (χ2n) is 13.2. The minimum Gasteiger partial charge on any atom is -0.494 e. The fourth-order valence-electron chi connectivity index (χ4n) is 8.79. The molecule has 3 saturated carbocycles. The summed E-state index contributed by atoms with van der Waals surface area (Å²) in [6.07, 6.45) is 11.3. The standard InChI is InChI=1S/C31H46O5/c1-29(2)16-13-25-30(3,24(29)15-18-34-23-12-8-11-22(19-23)27(32)33-5)17-14-26-31(25,4)20-35-28(36-26)21-9-6-7-10-21/h8,11-12,19,21,24-26,28H,6-7,9-10,13-18,20H2,1-5H3/t24-,25?,26-,28-,30+,31+/m1/s1. The highest BCUT2D eigenvalue weighted by molar-refractivity contribution is 5.89. The maximum absolute atomic E-state index is 11.9. The van der Waals surface area contributed by atoms with Crippen molar-refractivity contribution in [3.05, 3.63) is 29.8 Å². The summed E-state index contributed by atoms with van der Waals surface area (Å²) in [5.41, 5.74) is 1.09. The number of esters is 1. The van der Waals surface area contributed by atoms with E-state index in [1.165, 1.54) is 52.1 Å². The Morgan fingerprint density at radius 2 is 1.81 bits per heavy atom. The van der Waals surface area contributed by atoms with E-state index in [-0.39, 0.29) is 28.5 Å². The Kier molecular flexibility index (Phi) is 7.19. The van der Waals surface area contributed by atoms with Crippen LogP contribution in [0.15, 0.2) is 24.3 Å². The molecule has 0 radical (unpaired) electrons. The highest BCUT2D eigenvalue weighted by Gasteiger charge is 2.62. The number of fused-ring (bicyclic) bond motifs is 3. The van der Waals surface area contributed by atoms with Gasteiger partial charge in [0.25, 0.3) is 0 Å². The second kappa shape index (κ2) is 9.94. The number of carbonyl (C=O) groups excluding carboxylic acids is 1. The molecule has 5 nitrogen and oxygen atoms in total. The molecule has 0 N–H and O–H groups in total. The lowest BCUT2D eigenvalue weighted by atomic mass is 9.42. The molecule has 1 saturated heterocycles. The Morgan fingerprint density at radius 3 is 2.56 bits per heavy atom. The molecule has 0 aromatic heterocycles. The molecule has 3 aliphatic carbocycles. The van der Waals surface area contributed by atoms with Gasteiger partial charge in [-0.25, -0.2) is 4.79 Å².